The molecule has 3 N–H and O–H groups in total. The van der Waals surface area contributed by atoms with Gasteiger partial charge in [-0.3, -0.25) is 0 Å². The van der Waals surface area contributed by atoms with Crippen LogP contribution in [0.15, 0.2) is 6.07 Å². The Hall–Kier alpha value is -0.800. The normalized spacial score (nSPS) is 20.6. The number of aromatic amines is 1. The van der Waals surface area contributed by atoms with E-state index in [4.69, 9.17) is 0 Å². The fraction of sp³-hybridized carbons (Fsp3) is 0.556. The molecule has 12 heavy (non-hydrogen) atoms. The summed E-state index contributed by atoms with van der Waals surface area (Å²) in [7, 11) is 0. The number of hydrogen-bond donors (Lipinski definition) is 3. The van der Waals surface area contributed by atoms with Crippen LogP contribution in [0.5, 0.6) is 0 Å². The molecule has 1 aromatic rings. The highest BCUT2D eigenvalue weighted by Crippen LogP contribution is 2.28. The van der Waals surface area contributed by atoms with Crippen LogP contribution in [-0.2, 0) is 5.60 Å². The van der Waals surface area contributed by atoms with Crippen LogP contribution in [-0.4, -0.2) is 23.2 Å². The Balaban J connectivity index is 2.38. The van der Waals surface area contributed by atoms with E-state index in [1.165, 1.54) is 0 Å². The maximum absolute atomic E-state index is 9.99. The highest BCUT2D eigenvalue weighted by Gasteiger charge is 2.37. The maximum atomic E-state index is 9.99. The van der Waals surface area contributed by atoms with Gasteiger partial charge in [0.2, 0.25) is 0 Å². The third kappa shape index (κ3) is 0.974. The van der Waals surface area contributed by atoms with Gasteiger partial charge in [-0.2, -0.15) is 0 Å². The second-order valence-electron chi connectivity index (χ2n) is 3.63. The average Bonchev–Trinajstić information content (AvgIpc) is 2.25. The minimum absolute atomic E-state index is 0.616. The Morgan fingerprint density at radius 2 is 2.08 bits per heavy atom. The number of β-amino-alcohol motifs (C(OH)–C–C–N with tert-alkyl or cyclic N) is 1. The zero-order valence-electron chi connectivity index (χ0n) is 7.44. The third-order valence-electron chi connectivity index (χ3n) is 2.49. The number of nitrogens with one attached hydrogen (secondary N) is 2. The van der Waals surface area contributed by atoms with Crippen molar-refractivity contribution in [3.63, 3.8) is 0 Å². The lowest BCUT2D eigenvalue weighted by molar-refractivity contribution is -0.0150. The standard InChI is InChI=1S/C9H14N2O/c1-6-3-8(7(2)11-6)9(12)4-10-5-9/h3,10-12H,4-5H2,1-2H3. The van der Waals surface area contributed by atoms with Crippen molar-refractivity contribution in [2.24, 2.45) is 0 Å². The Morgan fingerprint density at radius 3 is 2.42 bits per heavy atom. The van der Waals surface area contributed by atoms with Crippen molar-refractivity contribution < 1.29 is 5.11 Å². The molecular formula is C9H14N2O. The topological polar surface area (TPSA) is 48.0 Å². The number of aliphatic hydroxyl groups is 1. The Kier molecular flexibility index (Phi) is 1.53. The van der Waals surface area contributed by atoms with E-state index in [0.29, 0.717) is 13.1 Å². The summed E-state index contributed by atoms with van der Waals surface area (Å²) in [5.74, 6) is 0. The number of aromatic nitrogens is 1. The van der Waals surface area contributed by atoms with Crippen molar-refractivity contribution in [2.75, 3.05) is 13.1 Å². The van der Waals surface area contributed by atoms with Crippen LogP contribution in [0.1, 0.15) is 17.0 Å². The lowest BCUT2D eigenvalue weighted by atomic mass is 9.88. The van der Waals surface area contributed by atoms with E-state index in [2.05, 4.69) is 10.3 Å². The van der Waals surface area contributed by atoms with Crippen molar-refractivity contribution >= 4 is 0 Å². The van der Waals surface area contributed by atoms with Crippen LogP contribution in [0.2, 0.25) is 0 Å². The van der Waals surface area contributed by atoms with E-state index >= 15 is 0 Å². The second-order valence-corrected chi connectivity index (χ2v) is 3.63. The summed E-state index contributed by atoms with van der Waals surface area (Å²) in [5, 5.41) is 13.1. The smallest absolute Gasteiger partial charge is 0.116 e. The van der Waals surface area contributed by atoms with Gasteiger partial charge in [-0.1, -0.05) is 0 Å². The van der Waals surface area contributed by atoms with Gasteiger partial charge in [-0.05, 0) is 19.9 Å². The molecule has 0 radical (unpaired) electrons. The molecule has 3 nitrogen and oxygen atoms in total. The minimum Gasteiger partial charge on any atom is -0.382 e. The predicted molar refractivity (Wildman–Crippen MR) is 47.0 cm³/mol. The molecule has 1 fully saturated rings. The molecule has 0 unspecified atom stereocenters. The van der Waals surface area contributed by atoms with Gasteiger partial charge in [0.05, 0.1) is 0 Å². The van der Waals surface area contributed by atoms with E-state index in [0.717, 1.165) is 17.0 Å². The molecule has 1 aliphatic heterocycles. The predicted octanol–water partition coefficient (Wildman–Crippen LogP) is 0.422. The van der Waals surface area contributed by atoms with Crippen molar-refractivity contribution in [1.82, 2.24) is 10.3 Å². The van der Waals surface area contributed by atoms with Crippen molar-refractivity contribution in [3.8, 4) is 0 Å². The first-order valence-corrected chi connectivity index (χ1v) is 4.22. The summed E-state index contributed by atoms with van der Waals surface area (Å²) in [5.41, 5.74) is 2.62. The molecule has 3 heteroatoms. The van der Waals surface area contributed by atoms with Crippen LogP contribution in [0.4, 0.5) is 0 Å². The maximum Gasteiger partial charge on any atom is 0.116 e. The summed E-state index contributed by atoms with van der Waals surface area (Å²) in [4.78, 5) is 3.19. The Labute approximate surface area is 71.8 Å². The fourth-order valence-electron chi connectivity index (χ4n) is 1.76. The summed E-state index contributed by atoms with van der Waals surface area (Å²) < 4.78 is 0. The van der Waals surface area contributed by atoms with Crippen LogP contribution < -0.4 is 5.32 Å². The first kappa shape index (κ1) is 7.83. The second kappa shape index (κ2) is 2.34. The van der Waals surface area contributed by atoms with Crippen molar-refractivity contribution in [1.29, 1.82) is 0 Å². The van der Waals surface area contributed by atoms with E-state index in [1.807, 2.05) is 19.9 Å². The highest BCUT2D eigenvalue weighted by molar-refractivity contribution is 5.33. The quantitative estimate of drug-likeness (QED) is 0.566. The molecule has 2 heterocycles. The summed E-state index contributed by atoms with van der Waals surface area (Å²) in [6.07, 6.45) is 0. The van der Waals surface area contributed by atoms with Gasteiger partial charge in [0, 0.05) is 30.0 Å². The van der Waals surface area contributed by atoms with E-state index in [-0.39, 0.29) is 0 Å². The highest BCUT2D eigenvalue weighted by atomic mass is 16.3. The zero-order valence-corrected chi connectivity index (χ0v) is 7.44. The number of H-pyrrole nitrogens is 1. The number of hydrogen-bond acceptors (Lipinski definition) is 2. The average molecular weight is 166 g/mol. The molecule has 0 saturated carbocycles. The molecule has 66 valence electrons. The van der Waals surface area contributed by atoms with Gasteiger partial charge in [-0.25, -0.2) is 0 Å². The molecule has 0 atom stereocenters. The first-order valence-electron chi connectivity index (χ1n) is 4.22. The largest absolute Gasteiger partial charge is 0.382 e. The fourth-order valence-corrected chi connectivity index (χ4v) is 1.76. The van der Waals surface area contributed by atoms with Crippen LogP contribution in [0.3, 0.4) is 0 Å². The van der Waals surface area contributed by atoms with E-state index in [9.17, 15) is 5.11 Å². The molecule has 1 saturated heterocycles. The van der Waals surface area contributed by atoms with Crippen LogP contribution in [0.25, 0.3) is 0 Å². The van der Waals surface area contributed by atoms with Crippen LogP contribution >= 0.6 is 0 Å². The summed E-state index contributed by atoms with van der Waals surface area (Å²) >= 11 is 0. The number of rotatable bonds is 1. The molecule has 0 bridgehead atoms. The molecule has 2 rings (SSSR count). The lowest BCUT2D eigenvalue weighted by Crippen LogP contribution is -2.56. The first-order chi connectivity index (χ1) is 5.62. The molecule has 1 aliphatic rings. The van der Waals surface area contributed by atoms with Crippen molar-refractivity contribution in [3.05, 3.63) is 23.0 Å². The van der Waals surface area contributed by atoms with Crippen molar-refractivity contribution in [2.45, 2.75) is 19.4 Å². The molecule has 0 amide bonds. The lowest BCUT2D eigenvalue weighted by Gasteiger charge is -2.37. The van der Waals surface area contributed by atoms with E-state index < -0.39 is 5.60 Å². The van der Waals surface area contributed by atoms with Gasteiger partial charge < -0.3 is 15.4 Å². The Morgan fingerprint density at radius 1 is 1.42 bits per heavy atom. The van der Waals surface area contributed by atoms with E-state index in [1.54, 1.807) is 0 Å². The summed E-state index contributed by atoms with van der Waals surface area (Å²) in [6.45, 7) is 5.35. The molecule has 0 aliphatic carbocycles. The van der Waals surface area contributed by atoms with Gasteiger partial charge in [0.25, 0.3) is 0 Å². The van der Waals surface area contributed by atoms with Gasteiger partial charge >= 0.3 is 0 Å². The van der Waals surface area contributed by atoms with Gasteiger partial charge in [0.1, 0.15) is 5.60 Å². The summed E-state index contributed by atoms with van der Waals surface area (Å²) in [6, 6.07) is 2.02. The van der Waals surface area contributed by atoms with Crippen LogP contribution in [0, 0.1) is 13.8 Å². The molecule has 0 spiro atoms. The van der Waals surface area contributed by atoms with Gasteiger partial charge in [0.15, 0.2) is 0 Å². The minimum atomic E-state index is -0.616. The zero-order chi connectivity index (χ0) is 8.77. The third-order valence-corrected chi connectivity index (χ3v) is 2.49. The SMILES string of the molecule is Cc1cc(C2(O)CNC2)c(C)[nH]1. The Bertz CT molecular complexity index is 299. The monoisotopic (exact) mass is 166 g/mol. The molecule has 0 aromatic carbocycles. The number of aryl methyl sites for hydroxylation is 2. The van der Waals surface area contributed by atoms with Gasteiger partial charge in [-0.15, -0.1) is 0 Å². The molecular weight excluding hydrogens is 152 g/mol. The molecule has 1 aromatic heterocycles.